The van der Waals surface area contributed by atoms with Crippen LogP contribution in [0.3, 0.4) is 0 Å². The van der Waals surface area contributed by atoms with Gasteiger partial charge >= 0.3 is 0 Å². The Hall–Kier alpha value is -0.0300. The molecule has 0 saturated heterocycles. The average molecular weight is 204 g/mol. The molecule has 12 heavy (non-hydrogen) atoms. The molecule has 1 rings (SSSR count). The van der Waals surface area contributed by atoms with E-state index in [2.05, 4.69) is 11.4 Å². The molecule has 1 atom stereocenters. The van der Waals surface area contributed by atoms with Gasteiger partial charge in [0.15, 0.2) is 6.29 Å². The summed E-state index contributed by atoms with van der Waals surface area (Å²) in [7, 11) is 1.64. The fraction of sp³-hybridized carbons (Fsp3) is 0.500. The van der Waals surface area contributed by atoms with E-state index in [-0.39, 0.29) is 6.29 Å². The van der Waals surface area contributed by atoms with Crippen LogP contribution in [0.15, 0.2) is 21.7 Å². The van der Waals surface area contributed by atoms with Gasteiger partial charge in [0.05, 0.1) is 4.21 Å². The maximum atomic E-state index is 5.31. The van der Waals surface area contributed by atoms with Gasteiger partial charge in [0.1, 0.15) is 5.94 Å². The number of hydrogen-bond acceptors (Lipinski definition) is 4. The lowest BCUT2D eigenvalue weighted by Gasteiger charge is -2.09. The van der Waals surface area contributed by atoms with Crippen molar-refractivity contribution >= 4 is 23.1 Å². The van der Waals surface area contributed by atoms with Gasteiger partial charge in [-0.2, -0.15) is 0 Å². The molecule has 4 heteroatoms. The topological polar surface area (TPSA) is 18.5 Å². The summed E-state index contributed by atoms with van der Waals surface area (Å²) in [5.74, 6) is 0.648. The largest absolute Gasteiger partial charge is 0.356 e. The second kappa shape index (κ2) is 5.59. The molecule has 1 aromatic heterocycles. The van der Waals surface area contributed by atoms with Crippen LogP contribution in [0, 0.1) is 0 Å². The van der Waals surface area contributed by atoms with Crippen molar-refractivity contribution in [3.8, 4) is 0 Å². The van der Waals surface area contributed by atoms with Crippen LogP contribution in [0.5, 0.6) is 0 Å². The molecular weight excluding hydrogens is 192 g/mol. The molecule has 0 amide bonds. The number of rotatable bonds is 5. The van der Waals surface area contributed by atoms with Crippen molar-refractivity contribution in [2.24, 2.45) is 0 Å². The first kappa shape index (κ1) is 10.1. The molecule has 68 valence electrons. The van der Waals surface area contributed by atoms with Crippen molar-refractivity contribution in [1.82, 2.24) is 0 Å². The van der Waals surface area contributed by atoms with Crippen molar-refractivity contribution in [2.45, 2.75) is 17.4 Å². The van der Waals surface area contributed by atoms with Crippen molar-refractivity contribution in [3.05, 3.63) is 17.5 Å². The minimum Gasteiger partial charge on any atom is -0.356 e. The molecule has 0 N–H and O–H groups in total. The third-order valence-corrected chi connectivity index (χ3v) is 3.31. The van der Waals surface area contributed by atoms with Crippen LogP contribution in [0.1, 0.15) is 6.92 Å². The molecule has 1 heterocycles. The van der Waals surface area contributed by atoms with Crippen molar-refractivity contribution < 1.29 is 9.47 Å². The Bertz CT molecular complexity index is 199. The first-order valence-electron chi connectivity index (χ1n) is 3.63. The van der Waals surface area contributed by atoms with Gasteiger partial charge in [-0.1, -0.05) is 17.8 Å². The van der Waals surface area contributed by atoms with Crippen LogP contribution in [0.25, 0.3) is 0 Å². The van der Waals surface area contributed by atoms with Gasteiger partial charge < -0.3 is 9.47 Å². The van der Waals surface area contributed by atoms with E-state index in [4.69, 9.17) is 9.47 Å². The Balaban J connectivity index is 2.11. The summed E-state index contributed by atoms with van der Waals surface area (Å²) in [5.41, 5.74) is 0. The van der Waals surface area contributed by atoms with E-state index in [0.29, 0.717) is 5.94 Å². The van der Waals surface area contributed by atoms with Crippen molar-refractivity contribution in [1.29, 1.82) is 0 Å². The zero-order chi connectivity index (χ0) is 8.81. The molecule has 0 aromatic carbocycles. The highest BCUT2D eigenvalue weighted by Gasteiger charge is 1.99. The number of hydrogen-bond donors (Lipinski definition) is 0. The second-order valence-electron chi connectivity index (χ2n) is 2.16. The predicted octanol–water partition coefficient (Wildman–Crippen LogP) is 2.81. The monoisotopic (exact) mass is 204 g/mol. The average Bonchev–Trinajstić information content (AvgIpc) is 2.57. The quantitative estimate of drug-likeness (QED) is 0.543. The standard InChI is InChI=1S/C8H12O2S2/c1-7(9-2)10-6-12-8-4-3-5-11-8/h3-5,7H,6H2,1-2H3. The zero-order valence-corrected chi connectivity index (χ0v) is 8.78. The molecule has 0 spiro atoms. The van der Waals surface area contributed by atoms with Crippen molar-refractivity contribution in [3.63, 3.8) is 0 Å². The summed E-state index contributed by atoms with van der Waals surface area (Å²) in [6, 6.07) is 4.11. The van der Waals surface area contributed by atoms with Gasteiger partial charge in [0.25, 0.3) is 0 Å². The lowest BCUT2D eigenvalue weighted by atomic mass is 10.7. The summed E-state index contributed by atoms with van der Waals surface area (Å²) in [5, 5.41) is 2.06. The van der Waals surface area contributed by atoms with E-state index in [1.807, 2.05) is 13.0 Å². The summed E-state index contributed by atoms with van der Waals surface area (Å²) >= 11 is 3.41. The Morgan fingerprint density at radius 3 is 3.08 bits per heavy atom. The summed E-state index contributed by atoms with van der Waals surface area (Å²) < 4.78 is 11.5. The fourth-order valence-corrected chi connectivity index (χ4v) is 2.18. The Kier molecular flexibility index (Phi) is 4.68. The minimum absolute atomic E-state index is 0.113. The van der Waals surface area contributed by atoms with Gasteiger partial charge in [-0.25, -0.2) is 0 Å². The zero-order valence-electron chi connectivity index (χ0n) is 7.15. The molecule has 0 fully saturated rings. The van der Waals surface area contributed by atoms with Crippen LogP contribution in [-0.2, 0) is 9.47 Å². The summed E-state index contributed by atoms with van der Waals surface area (Å²) in [6.07, 6.45) is -0.113. The molecule has 1 unspecified atom stereocenters. The minimum atomic E-state index is -0.113. The predicted molar refractivity (Wildman–Crippen MR) is 52.6 cm³/mol. The van der Waals surface area contributed by atoms with Gasteiger partial charge in [-0.05, 0) is 18.4 Å². The second-order valence-corrected chi connectivity index (χ2v) is 4.33. The number of methoxy groups -OCH3 is 1. The highest BCUT2D eigenvalue weighted by Crippen LogP contribution is 2.23. The van der Waals surface area contributed by atoms with E-state index in [1.165, 1.54) is 4.21 Å². The Morgan fingerprint density at radius 2 is 2.50 bits per heavy atom. The number of thiophene rings is 1. The summed E-state index contributed by atoms with van der Waals surface area (Å²) in [4.78, 5) is 0. The van der Waals surface area contributed by atoms with E-state index in [1.54, 1.807) is 30.2 Å². The molecule has 0 aliphatic rings. The Labute approximate surface area is 80.9 Å². The molecule has 2 nitrogen and oxygen atoms in total. The van der Waals surface area contributed by atoms with Gasteiger partial charge in [-0.3, -0.25) is 0 Å². The van der Waals surface area contributed by atoms with Crippen LogP contribution in [-0.4, -0.2) is 19.3 Å². The first-order valence-corrected chi connectivity index (χ1v) is 5.50. The van der Waals surface area contributed by atoms with Crippen LogP contribution in [0.2, 0.25) is 0 Å². The highest BCUT2D eigenvalue weighted by molar-refractivity contribution is 8.00. The van der Waals surface area contributed by atoms with Crippen LogP contribution in [0.4, 0.5) is 0 Å². The van der Waals surface area contributed by atoms with Crippen LogP contribution >= 0.6 is 23.1 Å². The maximum Gasteiger partial charge on any atom is 0.155 e. The normalized spacial score (nSPS) is 13.2. The van der Waals surface area contributed by atoms with Gasteiger partial charge in [-0.15, -0.1) is 11.3 Å². The third-order valence-electron chi connectivity index (χ3n) is 1.33. The molecule has 0 radical (unpaired) electrons. The number of thioether (sulfide) groups is 1. The molecule has 0 bridgehead atoms. The maximum absolute atomic E-state index is 5.31. The van der Waals surface area contributed by atoms with E-state index in [0.717, 1.165) is 0 Å². The molecule has 0 saturated carbocycles. The molecule has 1 aromatic rings. The summed E-state index contributed by atoms with van der Waals surface area (Å²) in [6.45, 7) is 1.88. The Morgan fingerprint density at radius 1 is 1.67 bits per heavy atom. The first-order chi connectivity index (χ1) is 5.83. The fourth-order valence-electron chi connectivity index (χ4n) is 0.602. The smallest absolute Gasteiger partial charge is 0.155 e. The SMILES string of the molecule is COC(C)OCSc1cccs1. The number of ether oxygens (including phenoxy) is 2. The van der Waals surface area contributed by atoms with Crippen molar-refractivity contribution in [2.75, 3.05) is 13.0 Å². The third kappa shape index (κ3) is 3.58. The van der Waals surface area contributed by atoms with Crippen LogP contribution < -0.4 is 0 Å². The highest BCUT2D eigenvalue weighted by atomic mass is 32.2. The van der Waals surface area contributed by atoms with E-state index in [9.17, 15) is 0 Å². The lowest BCUT2D eigenvalue weighted by molar-refractivity contribution is -0.0937. The molecular formula is C8H12O2S2. The van der Waals surface area contributed by atoms with Gasteiger partial charge in [0.2, 0.25) is 0 Å². The lowest BCUT2D eigenvalue weighted by Crippen LogP contribution is -2.09. The molecule has 0 aliphatic heterocycles. The molecule has 0 aliphatic carbocycles. The van der Waals surface area contributed by atoms with E-state index >= 15 is 0 Å². The van der Waals surface area contributed by atoms with Gasteiger partial charge in [0, 0.05) is 7.11 Å². The van der Waals surface area contributed by atoms with E-state index < -0.39 is 0 Å².